The van der Waals surface area contributed by atoms with Crippen molar-refractivity contribution in [2.75, 3.05) is 7.05 Å². The Morgan fingerprint density at radius 2 is 1.83 bits per heavy atom. The predicted octanol–water partition coefficient (Wildman–Crippen LogP) is 4.01. The van der Waals surface area contributed by atoms with Gasteiger partial charge in [0.2, 0.25) is 5.91 Å². The first kappa shape index (κ1) is 17.0. The van der Waals surface area contributed by atoms with Gasteiger partial charge in [-0.2, -0.15) is 0 Å². The minimum atomic E-state index is -0.467. The van der Waals surface area contributed by atoms with E-state index in [4.69, 9.17) is 11.6 Å². The van der Waals surface area contributed by atoms with E-state index in [1.807, 2.05) is 19.1 Å². The van der Waals surface area contributed by atoms with Crippen molar-refractivity contribution in [3.05, 3.63) is 74.8 Å². The number of hydrogen-bond acceptors (Lipinski definition) is 3. The van der Waals surface area contributed by atoms with Crippen LogP contribution in [0.1, 0.15) is 24.1 Å². The van der Waals surface area contributed by atoms with E-state index in [0.717, 1.165) is 5.56 Å². The van der Waals surface area contributed by atoms with Gasteiger partial charge in [0.15, 0.2) is 0 Å². The monoisotopic (exact) mass is 332 g/mol. The Bertz CT molecular complexity index is 716. The van der Waals surface area contributed by atoms with E-state index in [2.05, 4.69) is 0 Å². The third-order valence-corrected chi connectivity index (χ3v) is 4.11. The molecule has 0 unspecified atom stereocenters. The topological polar surface area (TPSA) is 63.5 Å². The summed E-state index contributed by atoms with van der Waals surface area (Å²) in [6, 6.07) is 13.4. The lowest BCUT2D eigenvalue weighted by molar-refractivity contribution is -0.385. The maximum absolute atomic E-state index is 12.4. The third-order valence-electron chi connectivity index (χ3n) is 3.86. The first-order valence-electron chi connectivity index (χ1n) is 7.13. The molecule has 1 amide bonds. The van der Waals surface area contributed by atoms with Crippen LogP contribution in [0.3, 0.4) is 0 Å². The van der Waals surface area contributed by atoms with Crippen LogP contribution >= 0.6 is 11.6 Å². The Labute approximate surface area is 139 Å². The average Bonchev–Trinajstić information content (AvgIpc) is 2.54. The summed E-state index contributed by atoms with van der Waals surface area (Å²) in [6.07, 6.45) is -0.00835. The minimum absolute atomic E-state index is 0.00835. The molecule has 0 fully saturated rings. The molecule has 120 valence electrons. The van der Waals surface area contributed by atoms with Gasteiger partial charge in [-0.3, -0.25) is 14.9 Å². The summed E-state index contributed by atoms with van der Waals surface area (Å²) in [5, 5.41) is 11.7. The van der Waals surface area contributed by atoms with Crippen LogP contribution in [-0.2, 0) is 11.2 Å². The predicted molar refractivity (Wildman–Crippen MR) is 89.4 cm³/mol. The van der Waals surface area contributed by atoms with Crippen LogP contribution in [-0.4, -0.2) is 22.8 Å². The summed E-state index contributed by atoms with van der Waals surface area (Å²) < 4.78 is 0. The van der Waals surface area contributed by atoms with Gasteiger partial charge in [0.05, 0.1) is 17.4 Å². The van der Waals surface area contributed by atoms with Gasteiger partial charge >= 0.3 is 0 Å². The molecule has 0 bridgehead atoms. The Kier molecular flexibility index (Phi) is 5.34. The fraction of sp³-hybridized carbons (Fsp3) is 0.235. The number of para-hydroxylation sites is 1. The highest BCUT2D eigenvalue weighted by Gasteiger charge is 2.21. The van der Waals surface area contributed by atoms with Crippen molar-refractivity contribution < 1.29 is 9.72 Å². The van der Waals surface area contributed by atoms with Gasteiger partial charge in [0.1, 0.15) is 0 Å². The van der Waals surface area contributed by atoms with Crippen LogP contribution in [0.4, 0.5) is 5.69 Å². The molecule has 5 nitrogen and oxygen atoms in total. The molecule has 0 N–H and O–H groups in total. The normalized spacial score (nSPS) is 11.8. The van der Waals surface area contributed by atoms with Gasteiger partial charge in [-0.25, -0.2) is 0 Å². The van der Waals surface area contributed by atoms with E-state index in [1.165, 1.54) is 6.07 Å². The minimum Gasteiger partial charge on any atom is -0.339 e. The van der Waals surface area contributed by atoms with Crippen LogP contribution in [0.5, 0.6) is 0 Å². The lowest BCUT2D eigenvalue weighted by Gasteiger charge is -2.25. The lowest BCUT2D eigenvalue weighted by atomic mass is 10.1. The van der Waals surface area contributed by atoms with Crippen molar-refractivity contribution in [2.45, 2.75) is 19.4 Å². The average molecular weight is 333 g/mol. The van der Waals surface area contributed by atoms with Gasteiger partial charge in [-0.1, -0.05) is 41.9 Å². The molecule has 0 aromatic heterocycles. The van der Waals surface area contributed by atoms with E-state index in [1.54, 1.807) is 42.3 Å². The van der Waals surface area contributed by atoms with Gasteiger partial charge < -0.3 is 4.90 Å². The van der Waals surface area contributed by atoms with Crippen LogP contribution in [0.25, 0.3) is 0 Å². The maximum atomic E-state index is 12.4. The SMILES string of the molecule is C[C@H](c1ccc(Cl)cc1)N(C)C(=O)Cc1ccccc1[N+](=O)[O-]. The van der Waals surface area contributed by atoms with E-state index >= 15 is 0 Å². The molecule has 2 aromatic rings. The second-order valence-corrected chi connectivity index (χ2v) is 5.73. The van der Waals surface area contributed by atoms with Crippen molar-refractivity contribution in [3.63, 3.8) is 0 Å². The molecule has 0 heterocycles. The van der Waals surface area contributed by atoms with E-state index in [-0.39, 0.29) is 24.1 Å². The number of carbonyl (C=O) groups is 1. The molecule has 0 aliphatic rings. The highest BCUT2D eigenvalue weighted by Crippen LogP contribution is 2.23. The molecule has 23 heavy (non-hydrogen) atoms. The van der Waals surface area contributed by atoms with Crippen molar-refractivity contribution in [3.8, 4) is 0 Å². The van der Waals surface area contributed by atoms with Crippen molar-refractivity contribution >= 4 is 23.2 Å². The number of halogens is 1. The highest BCUT2D eigenvalue weighted by atomic mass is 35.5. The standard InChI is InChI=1S/C17H17ClN2O3/c1-12(13-7-9-15(18)10-8-13)19(2)17(21)11-14-5-3-4-6-16(14)20(22)23/h3-10,12H,11H2,1-2H3/t12-/m1/s1. The van der Waals surface area contributed by atoms with E-state index < -0.39 is 4.92 Å². The number of amides is 1. The number of carbonyl (C=O) groups excluding carboxylic acids is 1. The Balaban J connectivity index is 2.14. The summed E-state index contributed by atoms with van der Waals surface area (Å²) in [5.74, 6) is -0.179. The largest absolute Gasteiger partial charge is 0.339 e. The number of likely N-dealkylation sites (N-methyl/N-ethyl adjacent to an activating group) is 1. The molecular formula is C17H17ClN2O3. The molecule has 0 spiro atoms. The van der Waals surface area contributed by atoms with Crippen LogP contribution in [0.2, 0.25) is 5.02 Å². The summed E-state index contributed by atoms with van der Waals surface area (Å²) >= 11 is 5.87. The summed E-state index contributed by atoms with van der Waals surface area (Å²) in [7, 11) is 1.69. The fourth-order valence-corrected chi connectivity index (χ4v) is 2.43. The first-order valence-corrected chi connectivity index (χ1v) is 7.51. The third kappa shape index (κ3) is 4.07. The summed E-state index contributed by atoms with van der Waals surface area (Å²) in [5.41, 5.74) is 1.33. The highest BCUT2D eigenvalue weighted by molar-refractivity contribution is 6.30. The maximum Gasteiger partial charge on any atom is 0.273 e. The molecule has 0 aliphatic carbocycles. The van der Waals surface area contributed by atoms with Crippen molar-refractivity contribution in [2.24, 2.45) is 0 Å². The smallest absolute Gasteiger partial charge is 0.273 e. The van der Waals surface area contributed by atoms with Gasteiger partial charge in [-0.15, -0.1) is 0 Å². The molecule has 2 aromatic carbocycles. The zero-order valence-corrected chi connectivity index (χ0v) is 13.7. The fourth-order valence-electron chi connectivity index (χ4n) is 2.31. The Hall–Kier alpha value is -2.40. The van der Waals surface area contributed by atoms with E-state index in [9.17, 15) is 14.9 Å². The number of nitro benzene ring substituents is 1. The zero-order chi connectivity index (χ0) is 17.0. The van der Waals surface area contributed by atoms with E-state index in [0.29, 0.717) is 10.6 Å². The molecular weight excluding hydrogens is 316 g/mol. The molecule has 0 radical (unpaired) electrons. The number of benzene rings is 2. The zero-order valence-electron chi connectivity index (χ0n) is 12.9. The molecule has 1 atom stereocenters. The van der Waals surface area contributed by atoms with Crippen molar-refractivity contribution in [1.82, 2.24) is 4.90 Å². The molecule has 0 aliphatic heterocycles. The number of nitro groups is 1. The van der Waals surface area contributed by atoms with Gasteiger partial charge in [0.25, 0.3) is 5.69 Å². The molecule has 2 rings (SSSR count). The molecule has 0 saturated carbocycles. The number of rotatable bonds is 5. The van der Waals surface area contributed by atoms with Gasteiger partial charge in [-0.05, 0) is 24.6 Å². The van der Waals surface area contributed by atoms with Crippen LogP contribution in [0, 0.1) is 10.1 Å². The van der Waals surface area contributed by atoms with Gasteiger partial charge in [0, 0.05) is 23.7 Å². The second kappa shape index (κ2) is 7.24. The number of nitrogens with zero attached hydrogens (tertiary/aromatic N) is 2. The number of hydrogen-bond donors (Lipinski definition) is 0. The first-order chi connectivity index (χ1) is 10.9. The Morgan fingerprint density at radius 1 is 1.22 bits per heavy atom. The quantitative estimate of drug-likeness (QED) is 0.614. The summed E-state index contributed by atoms with van der Waals surface area (Å²) in [4.78, 5) is 24.6. The molecule has 6 heteroatoms. The lowest BCUT2D eigenvalue weighted by Crippen LogP contribution is -2.31. The van der Waals surface area contributed by atoms with Crippen molar-refractivity contribution in [1.29, 1.82) is 0 Å². The second-order valence-electron chi connectivity index (χ2n) is 5.29. The van der Waals surface area contributed by atoms with Crippen LogP contribution < -0.4 is 0 Å². The molecule has 0 saturated heterocycles. The Morgan fingerprint density at radius 3 is 2.43 bits per heavy atom. The van der Waals surface area contributed by atoms with Crippen LogP contribution in [0.15, 0.2) is 48.5 Å². The summed E-state index contributed by atoms with van der Waals surface area (Å²) in [6.45, 7) is 1.90.